The van der Waals surface area contributed by atoms with Crippen LogP contribution < -0.4 is 4.74 Å². The van der Waals surface area contributed by atoms with Gasteiger partial charge in [0.05, 0.1) is 18.1 Å². The molecule has 0 saturated carbocycles. The topological polar surface area (TPSA) is 64.3 Å². The molecule has 2 rings (SSSR count). The number of aryl methyl sites for hydroxylation is 1. The van der Waals surface area contributed by atoms with Crippen LogP contribution in [0.25, 0.3) is 11.0 Å². The van der Waals surface area contributed by atoms with Crippen LogP contribution >= 0.6 is 0 Å². The molecule has 0 radical (unpaired) electrons. The van der Waals surface area contributed by atoms with Crippen molar-refractivity contribution in [3.05, 3.63) is 24.0 Å². The van der Waals surface area contributed by atoms with E-state index in [-0.39, 0.29) is 5.56 Å². The Bertz CT molecular complexity index is 531. The number of pyridine rings is 1. The van der Waals surface area contributed by atoms with Gasteiger partial charge >= 0.3 is 5.97 Å². The Morgan fingerprint density at radius 3 is 2.93 bits per heavy atom. The number of fused-ring (bicyclic) bond motifs is 1. The fourth-order valence-corrected chi connectivity index (χ4v) is 1.61. The number of hydrogen-bond acceptors (Lipinski definition) is 3. The Balaban J connectivity index is 2.88. The second-order valence-corrected chi connectivity index (χ2v) is 3.17. The summed E-state index contributed by atoms with van der Waals surface area (Å²) in [6.07, 6.45) is 3.12. The number of aromatic carboxylic acids is 1. The molecule has 0 spiro atoms. The highest BCUT2D eigenvalue weighted by Gasteiger charge is 2.17. The normalized spacial score (nSPS) is 10.5. The molecule has 5 nitrogen and oxygen atoms in total. The highest BCUT2D eigenvalue weighted by atomic mass is 16.5. The zero-order chi connectivity index (χ0) is 11.0. The van der Waals surface area contributed by atoms with Crippen LogP contribution in [0.5, 0.6) is 5.75 Å². The molecule has 0 fully saturated rings. The number of carbonyl (C=O) groups is 1. The molecule has 0 unspecified atom stereocenters. The van der Waals surface area contributed by atoms with E-state index in [1.54, 1.807) is 23.9 Å². The van der Waals surface area contributed by atoms with Gasteiger partial charge in [-0.05, 0) is 6.07 Å². The molecule has 0 aliphatic rings. The second-order valence-electron chi connectivity index (χ2n) is 3.17. The molecule has 0 bridgehead atoms. The minimum atomic E-state index is -0.980. The maximum Gasteiger partial charge on any atom is 0.338 e. The fraction of sp³-hybridized carbons (Fsp3) is 0.200. The summed E-state index contributed by atoms with van der Waals surface area (Å²) in [4.78, 5) is 15.1. The molecule has 0 aliphatic heterocycles. The van der Waals surface area contributed by atoms with Gasteiger partial charge in [0.25, 0.3) is 0 Å². The summed E-state index contributed by atoms with van der Waals surface area (Å²) < 4.78 is 6.78. The SMILES string of the molecule is COc1ccnc2c1c(C(=O)O)cn2C. The summed E-state index contributed by atoms with van der Waals surface area (Å²) in [6, 6.07) is 1.65. The molecule has 0 saturated heterocycles. The number of methoxy groups -OCH3 is 1. The minimum Gasteiger partial charge on any atom is -0.496 e. The molecule has 0 aliphatic carbocycles. The summed E-state index contributed by atoms with van der Waals surface area (Å²) in [7, 11) is 3.26. The highest BCUT2D eigenvalue weighted by molar-refractivity contribution is 6.05. The average Bonchev–Trinajstić information content (AvgIpc) is 2.56. The van der Waals surface area contributed by atoms with Gasteiger partial charge in [0, 0.05) is 19.4 Å². The predicted molar refractivity (Wildman–Crippen MR) is 54.2 cm³/mol. The van der Waals surface area contributed by atoms with E-state index >= 15 is 0 Å². The van der Waals surface area contributed by atoms with Crippen LogP contribution in [0.4, 0.5) is 0 Å². The third-order valence-corrected chi connectivity index (χ3v) is 2.27. The van der Waals surface area contributed by atoms with Gasteiger partial charge in [0.15, 0.2) is 0 Å². The standard InChI is InChI=1S/C10H10N2O3/c1-12-5-6(10(13)14)8-7(15-2)3-4-11-9(8)12/h3-5H,1-2H3,(H,13,14). The maximum absolute atomic E-state index is 11.0. The van der Waals surface area contributed by atoms with Crippen molar-refractivity contribution in [2.45, 2.75) is 0 Å². The molecular weight excluding hydrogens is 196 g/mol. The molecule has 2 heterocycles. The minimum absolute atomic E-state index is 0.206. The Morgan fingerprint density at radius 1 is 1.60 bits per heavy atom. The van der Waals surface area contributed by atoms with Gasteiger partial charge in [-0.15, -0.1) is 0 Å². The summed E-state index contributed by atoms with van der Waals surface area (Å²) in [6.45, 7) is 0. The molecule has 0 atom stereocenters. The Morgan fingerprint density at radius 2 is 2.33 bits per heavy atom. The molecule has 78 valence electrons. The second kappa shape index (κ2) is 3.27. The zero-order valence-electron chi connectivity index (χ0n) is 8.39. The van der Waals surface area contributed by atoms with Crippen LogP contribution in [0.15, 0.2) is 18.5 Å². The Labute approximate surface area is 85.9 Å². The monoisotopic (exact) mass is 206 g/mol. The van der Waals surface area contributed by atoms with Gasteiger partial charge in [-0.3, -0.25) is 0 Å². The molecule has 2 aromatic rings. The Kier molecular flexibility index (Phi) is 2.07. The van der Waals surface area contributed by atoms with E-state index in [0.29, 0.717) is 16.8 Å². The van der Waals surface area contributed by atoms with Crippen molar-refractivity contribution in [2.75, 3.05) is 7.11 Å². The summed E-state index contributed by atoms with van der Waals surface area (Å²) in [5.74, 6) is -0.454. The third-order valence-electron chi connectivity index (χ3n) is 2.27. The van der Waals surface area contributed by atoms with Gasteiger partial charge in [0.1, 0.15) is 11.4 Å². The van der Waals surface area contributed by atoms with E-state index in [1.165, 1.54) is 13.3 Å². The lowest BCUT2D eigenvalue weighted by Gasteiger charge is -2.01. The number of ether oxygens (including phenoxy) is 1. The van der Waals surface area contributed by atoms with Crippen LogP contribution in [-0.2, 0) is 7.05 Å². The summed E-state index contributed by atoms with van der Waals surface area (Å²) in [5.41, 5.74) is 0.809. The number of carboxylic acids is 1. The first kappa shape index (κ1) is 9.51. The molecule has 5 heteroatoms. The smallest absolute Gasteiger partial charge is 0.338 e. The van der Waals surface area contributed by atoms with Crippen LogP contribution in [0, 0.1) is 0 Å². The summed E-state index contributed by atoms with van der Waals surface area (Å²) in [5, 5.41) is 9.56. The molecule has 0 amide bonds. The van der Waals surface area contributed by atoms with Crippen molar-refractivity contribution in [3.8, 4) is 5.75 Å². The lowest BCUT2D eigenvalue weighted by molar-refractivity contribution is 0.0698. The molecule has 2 aromatic heterocycles. The highest BCUT2D eigenvalue weighted by Crippen LogP contribution is 2.28. The van der Waals surface area contributed by atoms with Gasteiger partial charge in [-0.1, -0.05) is 0 Å². The van der Waals surface area contributed by atoms with E-state index in [2.05, 4.69) is 4.98 Å². The van der Waals surface area contributed by atoms with Crippen molar-refractivity contribution in [1.29, 1.82) is 0 Å². The Hall–Kier alpha value is -2.04. The number of nitrogens with zero attached hydrogens (tertiary/aromatic N) is 2. The lowest BCUT2D eigenvalue weighted by atomic mass is 10.2. The van der Waals surface area contributed by atoms with Crippen LogP contribution in [-0.4, -0.2) is 27.7 Å². The average molecular weight is 206 g/mol. The first-order chi connectivity index (χ1) is 7.15. The van der Waals surface area contributed by atoms with E-state index in [1.807, 2.05) is 0 Å². The van der Waals surface area contributed by atoms with E-state index in [0.717, 1.165) is 0 Å². The van der Waals surface area contributed by atoms with Gasteiger partial charge in [-0.25, -0.2) is 9.78 Å². The molecule has 0 aromatic carbocycles. The van der Waals surface area contributed by atoms with Crippen LogP contribution in [0.3, 0.4) is 0 Å². The van der Waals surface area contributed by atoms with Crippen LogP contribution in [0.1, 0.15) is 10.4 Å². The lowest BCUT2D eigenvalue weighted by Crippen LogP contribution is -1.95. The number of carboxylic acid groups (broad SMARTS) is 1. The van der Waals surface area contributed by atoms with E-state index < -0.39 is 5.97 Å². The van der Waals surface area contributed by atoms with Gasteiger partial charge < -0.3 is 14.4 Å². The molecule has 15 heavy (non-hydrogen) atoms. The number of hydrogen-bond donors (Lipinski definition) is 1. The maximum atomic E-state index is 11.0. The van der Waals surface area contributed by atoms with Crippen molar-refractivity contribution < 1.29 is 14.6 Å². The van der Waals surface area contributed by atoms with Gasteiger partial charge in [-0.2, -0.15) is 0 Å². The first-order valence-electron chi connectivity index (χ1n) is 4.36. The fourth-order valence-electron chi connectivity index (χ4n) is 1.61. The third kappa shape index (κ3) is 1.32. The zero-order valence-corrected chi connectivity index (χ0v) is 8.39. The van der Waals surface area contributed by atoms with Crippen molar-refractivity contribution in [2.24, 2.45) is 7.05 Å². The molecule has 1 N–H and O–H groups in total. The predicted octanol–water partition coefficient (Wildman–Crippen LogP) is 1.28. The molecular formula is C10H10N2O3. The van der Waals surface area contributed by atoms with Gasteiger partial charge in [0.2, 0.25) is 0 Å². The first-order valence-corrected chi connectivity index (χ1v) is 4.36. The van der Waals surface area contributed by atoms with Crippen molar-refractivity contribution in [3.63, 3.8) is 0 Å². The van der Waals surface area contributed by atoms with Crippen LogP contribution in [0.2, 0.25) is 0 Å². The number of rotatable bonds is 2. The van der Waals surface area contributed by atoms with E-state index in [4.69, 9.17) is 9.84 Å². The number of aromatic nitrogens is 2. The van der Waals surface area contributed by atoms with Crippen molar-refractivity contribution >= 4 is 17.0 Å². The van der Waals surface area contributed by atoms with E-state index in [9.17, 15) is 4.79 Å². The van der Waals surface area contributed by atoms with Crippen molar-refractivity contribution in [1.82, 2.24) is 9.55 Å². The summed E-state index contributed by atoms with van der Waals surface area (Å²) >= 11 is 0. The largest absolute Gasteiger partial charge is 0.496 e. The quantitative estimate of drug-likeness (QED) is 0.803.